The van der Waals surface area contributed by atoms with Crippen LogP contribution in [0, 0.1) is 17.2 Å². The second kappa shape index (κ2) is 4.88. The van der Waals surface area contributed by atoms with Gasteiger partial charge in [0, 0.05) is 19.3 Å². The topological polar surface area (TPSA) is 27.0 Å². The van der Waals surface area contributed by atoms with Crippen molar-refractivity contribution in [3.8, 4) is 6.07 Å². The van der Waals surface area contributed by atoms with Crippen LogP contribution in [-0.2, 0) is 0 Å². The summed E-state index contributed by atoms with van der Waals surface area (Å²) in [4.78, 5) is 1.42. The van der Waals surface area contributed by atoms with Gasteiger partial charge in [0.2, 0.25) is 0 Å². The van der Waals surface area contributed by atoms with Gasteiger partial charge in [-0.1, -0.05) is 18.2 Å². The molecule has 0 aliphatic rings. The lowest BCUT2D eigenvalue weighted by molar-refractivity contribution is -0.156. The van der Waals surface area contributed by atoms with Crippen LogP contribution < -0.4 is 4.90 Å². The van der Waals surface area contributed by atoms with Gasteiger partial charge in [-0.2, -0.15) is 18.4 Å². The van der Waals surface area contributed by atoms with Crippen LogP contribution in [0.1, 0.15) is 0 Å². The van der Waals surface area contributed by atoms with Crippen molar-refractivity contribution in [3.05, 3.63) is 30.3 Å². The van der Waals surface area contributed by atoms with Crippen molar-refractivity contribution < 1.29 is 13.2 Å². The van der Waals surface area contributed by atoms with E-state index in [9.17, 15) is 13.2 Å². The smallest absolute Gasteiger partial charge is 0.373 e. The molecule has 0 amide bonds. The average Bonchev–Trinajstić information content (AvgIpc) is 2.25. The fourth-order valence-electron chi connectivity index (χ4n) is 1.28. The number of alkyl halides is 3. The Morgan fingerprint density at radius 2 is 1.88 bits per heavy atom. The molecule has 0 aromatic heterocycles. The highest BCUT2D eigenvalue weighted by Gasteiger charge is 2.40. The van der Waals surface area contributed by atoms with Gasteiger partial charge in [-0.05, 0) is 12.1 Å². The molecule has 0 bridgehead atoms. The molecule has 16 heavy (non-hydrogen) atoms. The number of benzene rings is 1. The maximum atomic E-state index is 12.3. The van der Waals surface area contributed by atoms with Gasteiger partial charge in [-0.3, -0.25) is 0 Å². The lowest BCUT2D eigenvalue weighted by atomic mass is 10.1. The number of anilines is 1. The number of rotatable bonds is 3. The molecule has 1 unspecified atom stereocenters. The Morgan fingerprint density at radius 3 is 2.31 bits per heavy atom. The molecule has 0 aliphatic carbocycles. The summed E-state index contributed by atoms with van der Waals surface area (Å²) < 4.78 is 37.0. The number of nitrogens with zero attached hydrogens (tertiary/aromatic N) is 2. The number of hydrogen-bond donors (Lipinski definition) is 0. The fraction of sp³-hybridized carbons (Fsp3) is 0.364. The Bertz CT molecular complexity index is 367. The molecule has 0 spiro atoms. The zero-order chi connectivity index (χ0) is 12.2. The minimum atomic E-state index is -4.47. The number of nitriles is 1. The van der Waals surface area contributed by atoms with Gasteiger partial charge in [0.1, 0.15) is 0 Å². The molecule has 0 aliphatic heterocycles. The number of hydrogen-bond acceptors (Lipinski definition) is 2. The van der Waals surface area contributed by atoms with Gasteiger partial charge in [-0.25, -0.2) is 0 Å². The van der Waals surface area contributed by atoms with E-state index in [2.05, 4.69) is 0 Å². The SMILES string of the molecule is CN(CC(C#N)C(F)(F)F)c1ccccc1. The molecule has 86 valence electrons. The van der Waals surface area contributed by atoms with Gasteiger partial charge in [-0.15, -0.1) is 0 Å². The summed E-state index contributed by atoms with van der Waals surface area (Å²) >= 11 is 0. The third-order valence-electron chi connectivity index (χ3n) is 2.20. The van der Waals surface area contributed by atoms with Gasteiger partial charge >= 0.3 is 6.18 Å². The van der Waals surface area contributed by atoms with Crippen LogP contribution in [-0.4, -0.2) is 19.8 Å². The first-order valence-electron chi connectivity index (χ1n) is 4.67. The Labute approximate surface area is 91.9 Å². The van der Waals surface area contributed by atoms with Crippen molar-refractivity contribution in [1.82, 2.24) is 0 Å². The van der Waals surface area contributed by atoms with Gasteiger partial charge in [0.25, 0.3) is 0 Å². The standard InChI is InChI=1S/C11H11F3N2/c1-16(10-5-3-2-4-6-10)8-9(7-15)11(12,13)14/h2-6,9H,8H2,1H3. The van der Waals surface area contributed by atoms with Crippen LogP contribution in [0.25, 0.3) is 0 Å². The monoisotopic (exact) mass is 228 g/mol. The maximum Gasteiger partial charge on any atom is 0.406 e. The third-order valence-corrected chi connectivity index (χ3v) is 2.20. The van der Waals surface area contributed by atoms with Crippen LogP contribution in [0.4, 0.5) is 18.9 Å². The predicted octanol–water partition coefficient (Wildman–Crippen LogP) is 2.82. The van der Waals surface area contributed by atoms with Crippen molar-refractivity contribution in [2.75, 3.05) is 18.5 Å². The minimum Gasteiger partial charge on any atom is -0.373 e. The van der Waals surface area contributed by atoms with Crippen LogP contribution in [0.3, 0.4) is 0 Å². The molecule has 5 heteroatoms. The van der Waals surface area contributed by atoms with Gasteiger partial charge in [0.15, 0.2) is 5.92 Å². The maximum absolute atomic E-state index is 12.3. The molecular weight excluding hydrogens is 217 g/mol. The normalized spacial score (nSPS) is 12.9. The molecule has 0 heterocycles. The highest BCUT2D eigenvalue weighted by molar-refractivity contribution is 5.45. The summed E-state index contributed by atoms with van der Waals surface area (Å²) in [7, 11) is 1.53. The van der Waals surface area contributed by atoms with E-state index >= 15 is 0 Å². The van der Waals surface area contributed by atoms with Crippen LogP contribution >= 0.6 is 0 Å². The van der Waals surface area contributed by atoms with Crippen LogP contribution in [0.2, 0.25) is 0 Å². The molecule has 2 nitrogen and oxygen atoms in total. The Kier molecular flexibility index (Phi) is 3.78. The third kappa shape index (κ3) is 3.16. The van der Waals surface area contributed by atoms with E-state index in [1.54, 1.807) is 30.3 Å². The lowest BCUT2D eigenvalue weighted by Gasteiger charge is -2.23. The second-order valence-electron chi connectivity index (χ2n) is 3.44. The molecule has 0 radical (unpaired) electrons. The Balaban J connectivity index is 2.72. The molecule has 1 atom stereocenters. The first-order chi connectivity index (χ1) is 7.45. The highest BCUT2D eigenvalue weighted by atomic mass is 19.4. The zero-order valence-electron chi connectivity index (χ0n) is 8.70. The van der Waals surface area contributed by atoms with E-state index in [1.165, 1.54) is 18.0 Å². The van der Waals surface area contributed by atoms with Crippen LogP contribution in [0.5, 0.6) is 0 Å². The summed E-state index contributed by atoms with van der Waals surface area (Å²) in [5, 5.41) is 8.46. The van der Waals surface area contributed by atoms with Crippen molar-refractivity contribution in [2.45, 2.75) is 6.18 Å². The zero-order valence-corrected chi connectivity index (χ0v) is 8.70. The quantitative estimate of drug-likeness (QED) is 0.795. The molecule has 1 rings (SSSR count). The van der Waals surface area contributed by atoms with Crippen molar-refractivity contribution in [2.24, 2.45) is 5.92 Å². The highest BCUT2D eigenvalue weighted by Crippen LogP contribution is 2.27. The molecular formula is C11H11F3N2. The second-order valence-corrected chi connectivity index (χ2v) is 3.44. The van der Waals surface area contributed by atoms with Crippen molar-refractivity contribution >= 4 is 5.69 Å². The summed E-state index contributed by atoms with van der Waals surface area (Å²) in [6.45, 7) is -0.357. The summed E-state index contributed by atoms with van der Waals surface area (Å²) in [6.07, 6.45) is -4.47. The molecule has 1 aromatic rings. The summed E-state index contributed by atoms with van der Waals surface area (Å²) in [6, 6.07) is 9.93. The largest absolute Gasteiger partial charge is 0.406 e. The van der Waals surface area contributed by atoms with E-state index < -0.39 is 12.1 Å². The molecule has 0 fully saturated rings. The van der Waals surface area contributed by atoms with Crippen molar-refractivity contribution in [3.63, 3.8) is 0 Å². The van der Waals surface area contributed by atoms with E-state index in [4.69, 9.17) is 5.26 Å². The Morgan fingerprint density at radius 1 is 1.31 bits per heavy atom. The molecule has 0 N–H and O–H groups in total. The first-order valence-corrected chi connectivity index (χ1v) is 4.67. The van der Waals surface area contributed by atoms with Crippen LogP contribution in [0.15, 0.2) is 30.3 Å². The Hall–Kier alpha value is -1.70. The molecule has 0 saturated heterocycles. The fourth-order valence-corrected chi connectivity index (χ4v) is 1.28. The number of halogens is 3. The lowest BCUT2D eigenvalue weighted by Crippen LogP contribution is -2.33. The van der Waals surface area contributed by atoms with E-state index in [1.807, 2.05) is 0 Å². The predicted molar refractivity (Wildman–Crippen MR) is 54.9 cm³/mol. The number of para-hydroxylation sites is 1. The summed E-state index contributed by atoms with van der Waals surface area (Å²) in [5.74, 6) is -1.96. The average molecular weight is 228 g/mol. The van der Waals surface area contributed by atoms with E-state index in [0.29, 0.717) is 5.69 Å². The molecule has 0 saturated carbocycles. The summed E-state index contributed by atoms with van der Waals surface area (Å²) in [5.41, 5.74) is 0.659. The first kappa shape index (κ1) is 12.4. The van der Waals surface area contributed by atoms with Gasteiger partial charge in [0.05, 0.1) is 6.07 Å². The van der Waals surface area contributed by atoms with Crippen molar-refractivity contribution in [1.29, 1.82) is 5.26 Å². The van der Waals surface area contributed by atoms with E-state index in [0.717, 1.165) is 0 Å². The van der Waals surface area contributed by atoms with E-state index in [-0.39, 0.29) is 6.54 Å². The molecule has 1 aromatic carbocycles. The van der Waals surface area contributed by atoms with Gasteiger partial charge < -0.3 is 4.90 Å². The minimum absolute atomic E-state index is 0.357.